The Balaban J connectivity index is 2.76. The molecule has 0 fully saturated rings. The molecule has 0 bridgehead atoms. The van der Waals surface area contributed by atoms with E-state index in [0.717, 1.165) is 11.1 Å². The summed E-state index contributed by atoms with van der Waals surface area (Å²) in [6.45, 7) is 1.94. The highest BCUT2D eigenvalue weighted by Gasteiger charge is 1.96. The topological polar surface area (TPSA) is 67.5 Å². The molecule has 0 spiro atoms. The molecule has 5 heteroatoms. The minimum atomic E-state index is -0.704. The molecule has 0 aliphatic rings. The van der Waals surface area contributed by atoms with Crippen LogP contribution < -0.4 is 11.2 Å². The molecular formula is C9H10ClN3O. The number of carbonyl (C=O) groups is 1. The molecule has 0 atom stereocenters. The molecule has 2 amide bonds. The van der Waals surface area contributed by atoms with Crippen molar-refractivity contribution in [1.29, 1.82) is 0 Å². The summed E-state index contributed by atoms with van der Waals surface area (Å²) >= 11 is 5.91. The normalized spacial score (nSPS) is 10.4. The average Bonchev–Trinajstić information content (AvgIpc) is 2.08. The van der Waals surface area contributed by atoms with E-state index in [0.29, 0.717) is 5.02 Å². The zero-order valence-corrected chi connectivity index (χ0v) is 8.38. The van der Waals surface area contributed by atoms with Crippen molar-refractivity contribution in [2.45, 2.75) is 6.92 Å². The Morgan fingerprint density at radius 2 is 2.36 bits per heavy atom. The van der Waals surface area contributed by atoms with Crippen LogP contribution in [-0.2, 0) is 0 Å². The SMILES string of the molecule is Cc1ccc(C=NNC(N)=O)c(Cl)c1. The lowest BCUT2D eigenvalue weighted by atomic mass is 10.2. The van der Waals surface area contributed by atoms with Crippen LogP contribution in [0.3, 0.4) is 0 Å². The molecule has 14 heavy (non-hydrogen) atoms. The first-order chi connectivity index (χ1) is 6.59. The van der Waals surface area contributed by atoms with Crippen LogP contribution in [0, 0.1) is 6.92 Å². The fraction of sp³-hybridized carbons (Fsp3) is 0.111. The van der Waals surface area contributed by atoms with Gasteiger partial charge in [-0.15, -0.1) is 0 Å². The number of urea groups is 1. The predicted octanol–water partition coefficient (Wildman–Crippen LogP) is 1.65. The standard InChI is InChI=1S/C9H10ClN3O/c1-6-2-3-7(8(10)4-6)5-12-13-9(11)14/h2-5H,1H3,(H3,11,13,14). The number of hydrazone groups is 1. The van der Waals surface area contributed by atoms with E-state index in [2.05, 4.69) is 10.5 Å². The van der Waals surface area contributed by atoms with Crippen molar-refractivity contribution < 1.29 is 4.79 Å². The summed E-state index contributed by atoms with van der Waals surface area (Å²) in [6, 6.07) is 4.82. The smallest absolute Gasteiger partial charge is 0.332 e. The lowest BCUT2D eigenvalue weighted by Crippen LogP contribution is -2.24. The van der Waals surface area contributed by atoms with Crippen molar-refractivity contribution >= 4 is 23.8 Å². The van der Waals surface area contributed by atoms with Crippen molar-refractivity contribution in [3.05, 3.63) is 34.3 Å². The highest BCUT2D eigenvalue weighted by molar-refractivity contribution is 6.33. The van der Waals surface area contributed by atoms with E-state index in [4.69, 9.17) is 17.3 Å². The quantitative estimate of drug-likeness (QED) is 0.567. The van der Waals surface area contributed by atoms with Crippen LogP contribution in [0.5, 0.6) is 0 Å². The average molecular weight is 212 g/mol. The second kappa shape index (κ2) is 4.62. The first kappa shape index (κ1) is 10.5. The summed E-state index contributed by atoms with van der Waals surface area (Å²) in [5, 5.41) is 4.18. The van der Waals surface area contributed by atoms with Gasteiger partial charge in [-0.05, 0) is 18.6 Å². The third kappa shape index (κ3) is 3.06. The van der Waals surface area contributed by atoms with Gasteiger partial charge >= 0.3 is 6.03 Å². The highest BCUT2D eigenvalue weighted by Crippen LogP contribution is 2.15. The maximum Gasteiger partial charge on any atom is 0.332 e. The summed E-state index contributed by atoms with van der Waals surface area (Å²) in [4.78, 5) is 10.3. The number of primary amides is 1. The van der Waals surface area contributed by atoms with Gasteiger partial charge in [-0.25, -0.2) is 10.2 Å². The van der Waals surface area contributed by atoms with Gasteiger partial charge in [0.15, 0.2) is 0 Å². The van der Waals surface area contributed by atoms with E-state index in [9.17, 15) is 4.79 Å². The number of carbonyl (C=O) groups excluding carboxylic acids is 1. The van der Waals surface area contributed by atoms with Crippen molar-refractivity contribution in [1.82, 2.24) is 5.43 Å². The number of rotatable bonds is 2. The number of amides is 2. The van der Waals surface area contributed by atoms with Crippen LogP contribution in [0.2, 0.25) is 5.02 Å². The van der Waals surface area contributed by atoms with Crippen molar-refractivity contribution in [2.24, 2.45) is 10.8 Å². The molecule has 4 nitrogen and oxygen atoms in total. The van der Waals surface area contributed by atoms with Crippen LogP contribution >= 0.6 is 11.6 Å². The lowest BCUT2D eigenvalue weighted by Gasteiger charge is -1.98. The van der Waals surface area contributed by atoms with Crippen LogP contribution in [0.1, 0.15) is 11.1 Å². The molecule has 0 aliphatic heterocycles. The maximum atomic E-state index is 10.3. The minimum absolute atomic E-state index is 0.583. The number of aryl methyl sites for hydroxylation is 1. The summed E-state index contributed by atoms with van der Waals surface area (Å²) in [6.07, 6.45) is 1.44. The molecule has 1 aromatic rings. The molecule has 0 heterocycles. The third-order valence-electron chi connectivity index (χ3n) is 1.53. The Bertz CT molecular complexity index is 376. The zero-order chi connectivity index (χ0) is 10.6. The lowest BCUT2D eigenvalue weighted by molar-refractivity contribution is 0.249. The second-order valence-electron chi connectivity index (χ2n) is 2.76. The predicted molar refractivity (Wildman–Crippen MR) is 56.5 cm³/mol. The largest absolute Gasteiger partial charge is 0.350 e. The van der Waals surface area contributed by atoms with Crippen LogP contribution in [0.15, 0.2) is 23.3 Å². The molecule has 1 aromatic carbocycles. The summed E-state index contributed by atoms with van der Waals surface area (Å²) in [7, 11) is 0. The Kier molecular flexibility index (Phi) is 3.48. The Labute approximate surface area is 86.7 Å². The van der Waals surface area contributed by atoms with Gasteiger partial charge in [-0.1, -0.05) is 23.7 Å². The number of hydrogen-bond acceptors (Lipinski definition) is 2. The third-order valence-corrected chi connectivity index (χ3v) is 1.86. The Morgan fingerprint density at radius 3 is 2.93 bits per heavy atom. The molecule has 0 radical (unpaired) electrons. The summed E-state index contributed by atoms with van der Waals surface area (Å²) in [5.41, 5.74) is 8.70. The van der Waals surface area contributed by atoms with Crippen LogP contribution in [0.25, 0.3) is 0 Å². The number of benzene rings is 1. The monoisotopic (exact) mass is 211 g/mol. The number of hydrogen-bond donors (Lipinski definition) is 2. The van der Waals surface area contributed by atoms with Gasteiger partial charge in [0, 0.05) is 10.6 Å². The van der Waals surface area contributed by atoms with Gasteiger partial charge < -0.3 is 5.73 Å². The highest BCUT2D eigenvalue weighted by atomic mass is 35.5. The van der Waals surface area contributed by atoms with Crippen LogP contribution in [0.4, 0.5) is 4.79 Å². The summed E-state index contributed by atoms with van der Waals surface area (Å²) in [5.74, 6) is 0. The molecule has 74 valence electrons. The van der Waals surface area contributed by atoms with E-state index in [-0.39, 0.29) is 0 Å². The molecule has 0 saturated heterocycles. The number of nitrogens with one attached hydrogen (secondary N) is 1. The number of nitrogens with two attached hydrogens (primary N) is 1. The Morgan fingerprint density at radius 1 is 1.64 bits per heavy atom. The minimum Gasteiger partial charge on any atom is -0.350 e. The molecule has 0 aliphatic carbocycles. The van der Waals surface area contributed by atoms with Gasteiger partial charge in [-0.2, -0.15) is 5.10 Å². The molecule has 3 N–H and O–H groups in total. The summed E-state index contributed by atoms with van der Waals surface area (Å²) < 4.78 is 0. The van der Waals surface area contributed by atoms with Crippen molar-refractivity contribution in [3.8, 4) is 0 Å². The molecule has 1 rings (SSSR count). The fourth-order valence-electron chi connectivity index (χ4n) is 0.902. The van der Waals surface area contributed by atoms with Gasteiger partial charge in [-0.3, -0.25) is 0 Å². The molecule has 0 aromatic heterocycles. The van der Waals surface area contributed by atoms with Crippen molar-refractivity contribution in [2.75, 3.05) is 0 Å². The Hall–Kier alpha value is -1.55. The van der Waals surface area contributed by atoms with Gasteiger partial charge in [0.25, 0.3) is 0 Å². The van der Waals surface area contributed by atoms with E-state index < -0.39 is 6.03 Å². The zero-order valence-electron chi connectivity index (χ0n) is 7.62. The van der Waals surface area contributed by atoms with E-state index in [1.165, 1.54) is 6.21 Å². The van der Waals surface area contributed by atoms with Crippen molar-refractivity contribution in [3.63, 3.8) is 0 Å². The number of halogens is 1. The van der Waals surface area contributed by atoms with Gasteiger partial charge in [0.05, 0.1) is 6.21 Å². The first-order valence-electron chi connectivity index (χ1n) is 3.94. The van der Waals surface area contributed by atoms with E-state index >= 15 is 0 Å². The molecular weight excluding hydrogens is 202 g/mol. The van der Waals surface area contributed by atoms with Crippen LogP contribution in [-0.4, -0.2) is 12.2 Å². The fourth-order valence-corrected chi connectivity index (χ4v) is 1.19. The van der Waals surface area contributed by atoms with Gasteiger partial charge in [0.2, 0.25) is 0 Å². The molecule has 0 saturated carbocycles. The molecule has 0 unspecified atom stereocenters. The second-order valence-corrected chi connectivity index (χ2v) is 3.17. The number of nitrogens with zero attached hydrogens (tertiary/aromatic N) is 1. The first-order valence-corrected chi connectivity index (χ1v) is 4.32. The van der Waals surface area contributed by atoms with E-state index in [1.807, 2.05) is 25.1 Å². The van der Waals surface area contributed by atoms with Gasteiger partial charge in [0.1, 0.15) is 0 Å². The maximum absolute atomic E-state index is 10.3. The van der Waals surface area contributed by atoms with E-state index in [1.54, 1.807) is 0 Å².